The van der Waals surface area contributed by atoms with Crippen molar-refractivity contribution in [3.8, 4) is 0 Å². The molecular weight excluding hydrogens is 258 g/mol. The third kappa shape index (κ3) is 4.20. The van der Waals surface area contributed by atoms with E-state index in [1.807, 2.05) is 0 Å². The molecular formula is C12H14F2N2O3. The Morgan fingerprint density at radius 2 is 2.05 bits per heavy atom. The molecule has 2 amide bonds. The van der Waals surface area contributed by atoms with Gasteiger partial charge in [0.1, 0.15) is 11.6 Å². The summed E-state index contributed by atoms with van der Waals surface area (Å²) in [5, 5.41) is 11.0. The van der Waals surface area contributed by atoms with Gasteiger partial charge in [0.25, 0.3) is 0 Å². The summed E-state index contributed by atoms with van der Waals surface area (Å²) in [7, 11) is 1.39. The number of urea groups is 1. The van der Waals surface area contributed by atoms with Crippen LogP contribution in [0.15, 0.2) is 18.2 Å². The number of aliphatic carboxylic acids is 1. The minimum atomic E-state index is -1.03. The Bertz CT molecular complexity index is 494. The number of hydrogen-bond acceptors (Lipinski definition) is 2. The summed E-state index contributed by atoms with van der Waals surface area (Å²) < 4.78 is 26.0. The lowest BCUT2D eigenvalue weighted by molar-refractivity contribution is -0.141. The molecule has 0 saturated heterocycles. The summed E-state index contributed by atoms with van der Waals surface area (Å²) >= 11 is 0. The zero-order valence-corrected chi connectivity index (χ0v) is 10.5. The Hall–Kier alpha value is -2.18. The van der Waals surface area contributed by atoms with Crippen LogP contribution in [0.5, 0.6) is 0 Å². The predicted octanol–water partition coefficient (Wildman–Crippen LogP) is 2.15. The molecule has 0 heterocycles. The highest BCUT2D eigenvalue weighted by molar-refractivity contribution is 5.89. The van der Waals surface area contributed by atoms with E-state index < -0.39 is 29.6 Å². The Kier molecular flexibility index (Phi) is 4.80. The number of carbonyl (C=O) groups excluding carboxylic acids is 1. The molecule has 0 aromatic heterocycles. The Labute approximate surface area is 108 Å². The molecule has 1 aromatic rings. The van der Waals surface area contributed by atoms with Crippen LogP contribution in [0, 0.1) is 17.6 Å². The van der Waals surface area contributed by atoms with Crippen molar-refractivity contribution in [1.29, 1.82) is 0 Å². The molecule has 1 atom stereocenters. The van der Waals surface area contributed by atoms with Crippen LogP contribution in [0.25, 0.3) is 0 Å². The van der Waals surface area contributed by atoms with E-state index in [-0.39, 0.29) is 12.2 Å². The third-order valence-corrected chi connectivity index (χ3v) is 2.49. The van der Waals surface area contributed by atoms with Gasteiger partial charge in [-0.15, -0.1) is 0 Å². The lowest BCUT2D eigenvalue weighted by Gasteiger charge is -2.20. The maximum absolute atomic E-state index is 13.3. The second kappa shape index (κ2) is 6.12. The van der Waals surface area contributed by atoms with Gasteiger partial charge in [0.15, 0.2) is 0 Å². The molecule has 0 bridgehead atoms. The van der Waals surface area contributed by atoms with Gasteiger partial charge in [-0.3, -0.25) is 4.79 Å². The first-order valence-electron chi connectivity index (χ1n) is 5.51. The van der Waals surface area contributed by atoms with Gasteiger partial charge in [-0.1, -0.05) is 6.92 Å². The quantitative estimate of drug-likeness (QED) is 0.882. The molecule has 7 heteroatoms. The second-order valence-electron chi connectivity index (χ2n) is 4.17. The summed E-state index contributed by atoms with van der Waals surface area (Å²) in [6.45, 7) is 1.43. The van der Waals surface area contributed by atoms with Gasteiger partial charge < -0.3 is 15.3 Å². The summed E-state index contributed by atoms with van der Waals surface area (Å²) in [6.07, 6.45) is 0. The van der Waals surface area contributed by atoms with Gasteiger partial charge in [-0.25, -0.2) is 13.6 Å². The van der Waals surface area contributed by atoms with Crippen molar-refractivity contribution in [2.75, 3.05) is 18.9 Å². The molecule has 0 fully saturated rings. The summed E-state index contributed by atoms with van der Waals surface area (Å²) in [5.74, 6) is -3.42. The molecule has 0 radical (unpaired) electrons. The number of amides is 2. The van der Waals surface area contributed by atoms with Gasteiger partial charge in [0, 0.05) is 19.7 Å². The van der Waals surface area contributed by atoms with E-state index in [9.17, 15) is 18.4 Å². The number of nitrogens with zero attached hydrogens (tertiary/aromatic N) is 1. The zero-order valence-electron chi connectivity index (χ0n) is 10.5. The van der Waals surface area contributed by atoms with Crippen LogP contribution in [-0.4, -0.2) is 35.6 Å². The van der Waals surface area contributed by atoms with E-state index >= 15 is 0 Å². The van der Waals surface area contributed by atoms with Gasteiger partial charge in [-0.05, 0) is 12.1 Å². The lowest BCUT2D eigenvalue weighted by Crippen LogP contribution is -2.36. The minimum Gasteiger partial charge on any atom is -0.481 e. The van der Waals surface area contributed by atoms with Crippen LogP contribution in [0.3, 0.4) is 0 Å². The van der Waals surface area contributed by atoms with Crippen LogP contribution in [-0.2, 0) is 4.79 Å². The number of nitrogens with one attached hydrogen (secondary N) is 1. The van der Waals surface area contributed by atoms with Crippen molar-refractivity contribution < 1.29 is 23.5 Å². The van der Waals surface area contributed by atoms with Crippen LogP contribution < -0.4 is 5.32 Å². The fourth-order valence-electron chi connectivity index (χ4n) is 1.37. The van der Waals surface area contributed by atoms with E-state index in [2.05, 4.69) is 5.32 Å². The number of halogens is 2. The molecule has 1 rings (SSSR count). The standard InChI is InChI=1S/C12H14F2N2O3/c1-7(11(17)18)6-16(2)12(19)15-10-4-3-8(13)5-9(10)14/h3-5,7H,6H2,1-2H3,(H,15,19)(H,17,18). The first kappa shape index (κ1) is 14.9. The SMILES string of the molecule is CC(CN(C)C(=O)Nc1ccc(F)cc1F)C(=O)O. The Balaban J connectivity index is 2.66. The van der Waals surface area contributed by atoms with E-state index in [4.69, 9.17) is 5.11 Å². The highest BCUT2D eigenvalue weighted by Crippen LogP contribution is 2.15. The maximum atomic E-state index is 13.3. The maximum Gasteiger partial charge on any atom is 0.321 e. The van der Waals surface area contributed by atoms with Crippen molar-refractivity contribution >= 4 is 17.7 Å². The molecule has 0 aliphatic heterocycles. The molecule has 1 unspecified atom stereocenters. The fraction of sp³-hybridized carbons (Fsp3) is 0.333. The van der Waals surface area contributed by atoms with Crippen molar-refractivity contribution in [1.82, 2.24) is 4.90 Å². The third-order valence-electron chi connectivity index (χ3n) is 2.49. The van der Waals surface area contributed by atoms with Gasteiger partial charge in [0.2, 0.25) is 0 Å². The first-order chi connectivity index (χ1) is 8.81. The molecule has 5 nitrogen and oxygen atoms in total. The number of rotatable bonds is 4. The molecule has 0 aliphatic carbocycles. The van der Waals surface area contributed by atoms with E-state index in [0.717, 1.165) is 17.0 Å². The molecule has 0 spiro atoms. The summed E-state index contributed by atoms with van der Waals surface area (Å²) in [5.41, 5.74) is -0.166. The monoisotopic (exact) mass is 272 g/mol. The largest absolute Gasteiger partial charge is 0.481 e. The van der Waals surface area contributed by atoms with Crippen LogP contribution >= 0.6 is 0 Å². The first-order valence-corrected chi connectivity index (χ1v) is 5.51. The molecule has 1 aromatic carbocycles. The lowest BCUT2D eigenvalue weighted by atomic mass is 10.2. The van der Waals surface area contributed by atoms with Crippen molar-refractivity contribution in [2.24, 2.45) is 5.92 Å². The Morgan fingerprint density at radius 3 is 2.58 bits per heavy atom. The van der Waals surface area contributed by atoms with Crippen molar-refractivity contribution in [2.45, 2.75) is 6.92 Å². The molecule has 2 N–H and O–H groups in total. The number of carboxylic acids is 1. The fourth-order valence-corrected chi connectivity index (χ4v) is 1.37. The van der Waals surface area contributed by atoms with E-state index in [1.165, 1.54) is 14.0 Å². The van der Waals surface area contributed by atoms with Gasteiger partial charge in [-0.2, -0.15) is 0 Å². The molecule has 0 saturated carbocycles. The molecule has 0 aliphatic rings. The number of anilines is 1. The van der Waals surface area contributed by atoms with E-state index in [1.54, 1.807) is 0 Å². The molecule has 104 valence electrons. The topological polar surface area (TPSA) is 69.6 Å². The minimum absolute atomic E-state index is 0.0238. The van der Waals surface area contributed by atoms with Crippen molar-refractivity contribution in [3.05, 3.63) is 29.8 Å². The van der Waals surface area contributed by atoms with E-state index in [0.29, 0.717) is 6.07 Å². The normalized spacial score (nSPS) is 11.8. The van der Waals surface area contributed by atoms with Gasteiger partial charge >= 0.3 is 12.0 Å². The summed E-state index contributed by atoms with van der Waals surface area (Å²) in [6, 6.07) is 2.09. The van der Waals surface area contributed by atoms with Crippen molar-refractivity contribution in [3.63, 3.8) is 0 Å². The highest BCUT2D eigenvalue weighted by Gasteiger charge is 2.18. The smallest absolute Gasteiger partial charge is 0.321 e. The van der Waals surface area contributed by atoms with Crippen LogP contribution in [0.4, 0.5) is 19.3 Å². The Morgan fingerprint density at radius 1 is 1.42 bits per heavy atom. The number of hydrogen-bond donors (Lipinski definition) is 2. The summed E-state index contributed by atoms with van der Waals surface area (Å²) in [4.78, 5) is 23.4. The average molecular weight is 272 g/mol. The zero-order chi connectivity index (χ0) is 14.6. The number of carboxylic acid groups (broad SMARTS) is 1. The predicted molar refractivity (Wildman–Crippen MR) is 64.8 cm³/mol. The average Bonchev–Trinajstić information content (AvgIpc) is 2.32. The van der Waals surface area contributed by atoms with Gasteiger partial charge in [0.05, 0.1) is 11.6 Å². The highest BCUT2D eigenvalue weighted by atomic mass is 19.1. The number of benzene rings is 1. The number of carbonyl (C=O) groups is 2. The van der Waals surface area contributed by atoms with Crippen LogP contribution in [0.1, 0.15) is 6.92 Å². The molecule has 19 heavy (non-hydrogen) atoms. The van der Waals surface area contributed by atoms with Crippen LogP contribution in [0.2, 0.25) is 0 Å². The second-order valence-corrected chi connectivity index (χ2v) is 4.17.